The van der Waals surface area contributed by atoms with E-state index in [1.165, 1.54) is 4.31 Å². The highest BCUT2D eigenvalue weighted by atomic mass is 32.2. The lowest BCUT2D eigenvalue weighted by Gasteiger charge is -2.29. The zero-order valence-electron chi connectivity index (χ0n) is 12.2. The smallest absolute Gasteiger partial charge is 0.276 e. The summed E-state index contributed by atoms with van der Waals surface area (Å²) in [6.07, 6.45) is 0.860. The fourth-order valence-corrected chi connectivity index (χ4v) is 3.15. The second-order valence-electron chi connectivity index (χ2n) is 5.35. The normalized spacial score (nSPS) is 17.0. The molecule has 1 saturated heterocycles. The maximum absolute atomic E-state index is 12.3. The van der Waals surface area contributed by atoms with Crippen molar-refractivity contribution >= 4 is 21.8 Å². The Labute approximate surface area is 129 Å². The number of rotatable bonds is 3. The molecule has 0 spiro atoms. The molecule has 0 radical (unpaired) electrons. The van der Waals surface area contributed by atoms with E-state index < -0.39 is 10.2 Å². The van der Waals surface area contributed by atoms with E-state index in [4.69, 9.17) is 10.4 Å². The Kier molecular flexibility index (Phi) is 4.81. The lowest BCUT2D eigenvalue weighted by molar-refractivity contribution is -0.120. The molecule has 0 unspecified atom stereocenters. The van der Waals surface area contributed by atoms with Crippen molar-refractivity contribution in [3.63, 3.8) is 0 Å². The van der Waals surface area contributed by atoms with Gasteiger partial charge in [0.1, 0.15) is 0 Å². The van der Waals surface area contributed by atoms with Crippen LogP contribution in [-0.4, -0.2) is 31.7 Å². The number of aryl methyl sites for hydroxylation is 1. The lowest BCUT2D eigenvalue weighted by atomic mass is 9.97. The molecule has 3 N–H and O–H groups in total. The number of amides is 1. The van der Waals surface area contributed by atoms with Crippen molar-refractivity contribution in [3.8, 4) is 6.07 Å². The summed E-state index contributed by atoms with van der Waals surface area (Å²) in [5.74, 6) is -0.421. The molecule has 0 aliphatic carbocycles. The largest absolute Gasteiger partial charge is 0.326 e. The Balaban J connectivity index is 2.01. The van der Waals surface area contributed by atoms with E-state index in [-0.39, 0.29) is 24.9 Å². The van der Waals surface area contributed by atoms with Crippen molar-refractivity contribution in [2.45, 2.75) is 19.8 Å². The highest BCUT2D eigenvalue weighted by molar-refractivity contribution is 7.86. The monoisotopic (exact) mass is 322 g/mol. The van der Waals surface area contributed by atoms with Crippen LogP contribution in [0.2, 0.25) is 0 Å². The van der Waals surface area contributed by atoms with E-state index in [1.54, 1.807) is 18.2 Å². The second kappa shape index (κ2) is 6.44. The third kappa shape index (κ3) is 3.82. The molecule has 0 bridgehead atoms. The van der Waals surface area contributed by atoms with Gasteiger partial charge in [0.25, 0.3) is 10.2 Å². The Morgan fingerprint density at radius 1 is 1.41 bits per heavy atom. The van der Waals surface area contributed by atoms with Crippen molar-refractivity contribution in [1.29, 1.82) is 5.26 Å². The molecule has 1 heterocycles. The third-order valence-electron chi connectivity index (χ3n) is 3.81. The third-order valence-corrected chi connectivity index (χ3v) is 4.89. The number of hydrogen-bond donors (Lipinski definition) is 2. The minimum Gasteiger partial charge on any atom is -0.326 e. The fraction of sp³-hybridized carbons (Fsp3) is 0.429. The van der Waals surface area contributed by atoms with E-state index in [2.05, 4.69) is 5.32 Å². The van der Waals surface area contributed by atoms with Crippen LogP contribution in [0.5, 0.6) is 0 Å². The highest BCUT2D eigenvalue weighted by Crippen LogP contribution is 2.22. The number of nitrogens with one attached hydrogen (secondary N) is 1. The molecular formula is C14H18N4O3S. The molecule has 8 heteroatoms. The number of carbonyl (C=O) groups is 1. The minimum absolute atomic E-state index is 0.160. The Hall–Kier alpha value is -1.95. The number of benzene rings is 1. The molecule has 0 atom stereocenters. The molecule has 2 rings (SSSR count). The number of hydrogen-bond acceptors (Lipinski definition) is 4. The van der Waals surface area contributed by atoms with E-state index >= 15 is 0 Å². The van der Waals surface area contributed by atoms with Crippen LogP contribution < -0.4 is 10.5 Å². The molecular weight excluding hydrogens is 304 g/mol. The summed E-state index contributed by atoms with van der Waals surface area (Å²) < 4.78 is 23.7. The molecule has 22 heavy (non-hydrogen) atoms. The Bertz CT molecular complexity index is 716. The summed E-state index contributed by atoms with van der Waals surface area (Å²) in [4.78, 5) is 12.3. The summed E-state index contributed by atoms with van der Waals surface area (Å²) in [6, 6.07) is 7.13. The quantitative estimate of drug-likeness (QED) is 0.852. The van der Waals surface area contributed by atoms with Gasteiger partial charge < -0.3 is 5.32 Å². The average Bonchev–Trinajstić information content (AvgIpc) is 2.48. The van der Waals surface area contributed by atoms with Crippen molar-refractivity contribution in [2.75, 3.05) is 18.4 Å². The second-order valence-corrected chi connectivity index (χ2v) is 6.90. The van der Waals surface area contributed by atoms with Crippen LogP contribution in [-0.2, 0) is 15.0 Å². The summed E-state index contributed by atoms with van der Waals surface area (Å²) in [5.41, 5.74) is 1.96. The molecule has 0 saturated carbocycles. The van der Waals surface area contributed by atoms with Gasteiger partial charge in [-0.05, 0) is 37.5 Å². The van der Waals surface area contributed by atoms with Gasteiger partial charge in [-0.25, -0.2) is 5.14 Å². The van der Waals surface area contributed by atoms with Gasteiger partial charge >= 0.3 is 0 Å². The van der Waals surface area contributed by atoms with Crippen LogP contribution in [0.4, 0.5) is 5.69 Å². The molecule has 1 aromatic rings. The molecule has 7 nitrogen and oxygen atoms in total. The number of piperidine rings is 1. The van der Waals surface area contributed by atoms with E-state index in [0.29, 0.717) is 24.1 Å². The van der Waals surface area contributed by atoms with Gasteiger partial charge in [-0.3, -0.25) is 4.79 Å². The maximum atomic E-state index is 12.3. The molecule has 0 aromatic heterocycles. The van der Waals surface area contributed by atoms with E-state index in [9.17, 15) is 13.2 Å². The van der Waals surface area contributed by atoms with Crippen molar-refractivity contribution in [2.24, 2.45) is 11.1 Å². The molecule has 1 amide bonds. The first-order valence-corrected chi connectivity index (χ1v) is 8.41. The van der Waals surface area contributed by atoms with E-state index in [1.807, 2.05) is 13.0 Å². The Morgan fingerprint density at radius 3 is 2.59 bits per heavy atom. The first-order valence-electron chi connectivity index (χ1n) is 6.91. The fourth-order valence-electron chi connectivity index (χ4n) is 2.43. The topological polar surface area (TPSA) is 116 Å². The number of nitriles is 1. The maximum Gasteiger partial charge on any atom is 0.276 e. The summed E-state index contributed by atoms with van der Waals surface area (Å²) >= 11 is 0. The van der Waals surface area contributed by atoms with Gasteiger partial charge in [0.15, 0.2) is 0 Å². The zero-order chi connectivity index (χ0) is 16.3. The average molecular weight is 322 g/mol. The van der Waals surface area contributed by atoms with Crippen LogP contribution in [0.25, 0.3) is 0 Å². The first-order chi connectivity index (χ1) is 10.3. The molecule has 1 fully saturated rings. The molecule has 1 aliphatic rings. The van der Waals surface area contributed by atoms with Crippen LogP contribution in [0.1, 0.15) is 24.0 Å². The predicted octanol–water partition coefficient (Wildman–Crippen LogP) is 0.721. The van der Waals surface area contributed by atoms with E-state index in [0.717, 1.165) is 5.56 Å². The van der Waals surface area contributed by atoms with Crippen LogP contribution in [0, 0.1) is 24.2 Å². The van der Waals surface area contributed by atoms with Gasteiger partial charge in [-0.2, -0.15) is 18.0 Å². The van der Waals surface area contributed by atoms with Gasteiger partial charge in [-0.15, -0.1) is 0 Å². The van der Waals surface area contributed by atoms with Crippen molar-refractivity contribution in [1.82, 2.24) is 4.31 Å². The van der Waals surface area contributed by atoms with Gasteiger partial charge in [-0.1, -0.05) is 6.07 Å². The zero-order valence-corrected chi connectivity index (χ0v) is 13.1. The van der Waals surface area contributed by atoms with Crippen LogP contribution >= 0.6 is 0 Å². The van der Waals surface area contributed by atoms with Crippen LogP contribution in [0.3, 0.4) is 0 Å². The minimum atomic E-state index is -3.68. The summed E-state index contributed by atoms with van der Waals surface area (Å²) in [6.45, 7) is 2.34. The number of nitrogens with two attached hydrogens (primary N) is 1. The van der Waals surface area contributed by atoms with Crippen LogP contribution in [0.15, 0.2) is 18.2 Å². The first kappa shape index (κ1) is 16.4. The molecule has 1 aliphatic heterocycles. The van der Waals surface area contributed by atoms with Crippen molar-refractivity contribution in [3.05, 3.63) is 29.3 Å². The number of nitrogens with zero attached hydrogens (tertiary/aromatic N) is 2. The molecule has 1 aromatic carbocycles. The van der Waals surface area contributed by atoms with Gasteiger partial charge in [0.2, 0.25) is 5.91 Å². The van der Waals surface area contributed by atoms with Crippen molar-refractivity contribution < 1.29 is 13.2 Å². The summed E-state index contributed by atoms with van der Waals surface area (Å²) in [7, 11) is -3.68. The highest BCUT2D eigenvalue weighted by Gasteiger charge is 2.29. The van der Waals surface area contributed by atoms with Gasteiger partial charge in [0.05, 0.1) is 11.6 Å². The standard InChI is InChI=1S/C14H18N4O3S/c1-10-2-3-11(9-15)8-13(10)17-14(19)12-4-6-18(7-5-12)22(16,20)21/h2-3,8,12H,4-7H2,1H3,(H,17,19)(H2,16,20,21). The number of carbonyl (C=O) groups excluding carboxylic acids is 1. The lowest BCUT2D eigenvalue weighted by Crippen LogP contribution is -2.44. The van der Waals surface area contributed by atoms with Gasteiger partial charge in [0, 0.05) is 24.7 Å². The number of anilines is 1. The molecule has 118 valence electrons. The summed E-state index contributed by atoms with van der Waals surface area (Å²) in [5, 5.41) is 16.8. The SMILES string of the molecule is Cc1ccc(C#N)cc1NC(=O)C1CCN(S(N)(=O)=O)CC1. The Morgan fingerprint density at radius 2 is 2.05 bits per heavy atom. The predicted molar refractivity (Wildman–Crippen MR) is 81.9 cm³/mol.